The van der Waals surface area contributed by atoms with Crippen molar-refractivity contribution < 1.29 is 5.11 Å². The van der Waals surface area contributed by atoms with E-state index in [9.17, 15) is 5.11 Å². The molecule has 0 aromatic carbocycles. The van der Waals surface area contributed by atoms with Gasteiger partial charge in [0.1, 0.15) is 5.60 Å². The van der Waals surface area contributed by atoms with E-state index in [1.54, 1.807) is 18.3 Å². The van der Waals surface area contributed by atoms with Crippen LogP contribution in [0.5, 0.6) is 0 Å². The smallest absolute Gasteiger partial charge is 0.191 e. The van der Waals surface area contributed by atoms with Crippen LogP contribution < -0.4 is 10.6 Å². The first-order valence-electron chi connectivity index (χ1n) is 8.72. The van der Waals surface area contributed by atoms with Gasteiger partial charge < -0.3 is 15.7 Å². The highest BCUT2D eigenvalue weighted by Gasteiger charge is 2.23. The molecule has 1 atom stereocenters. The second-order valence-electron chi connectivity index (χ2n) is 6.38. The van der Waals surface area contributed by atoms with E-state index in [1.807, 2.05) is 36.0 Å². The summed E-state index contributed by atoms with van der Waals surface area (Å²) in [6, 6.07) is 5.97. The summed E-state index contributed by atoms with van der Waals surface area (Å²) in [5, 5.41) is 23.6. The van der Waals surface area contributed by atoms with E-state index in [1.165, 1.54) is 5.69 Å². The fraction of sp³-hybridized carbons (Fsp3) is 0.556. The number of thiophene rings is 1. The Labute approximate surface area is 154 Å². The highest BCUT2D eigenvalue weighted by molar-refractivity contribution is 7.10. The van der Waals surface area contributed by atoms with Gasteiger partial charge in [0.25, 0.3) is 0 Å². The molecule has 0 amide bonds. The Bertz CT molecular complexity index is 676. The van der Waals surface area contributed by atoms with Crippen LogP contribution in [0, 0.1) is 13.8 Å². The summed E-state index contributed by atoms with van der Waals surface area (Å²) in [6.45, 7) is 10.7. The second-order valence-corrected chi connectivity index (χ2v) is 7.32. The van der Waals surface area contributed by atoms with Crippen molar-refractivity contribution in [2.45, 2.75) is 46.3 Å². The molecule has 0 saturated heterocycles. The van der Waals surface area contributed by atoms with E-state index in [0.29, 0.717) is 6.54 Å². The van der Waals surface area contributed by atoms with Crippen LogP contribution in [0.15, 0.2) is 28.6 Å². The molecule has 0 spiro atoms. The van der Waals surface area contributed by atoms with Crippen LogP contribution in [0.2, 0.25) is 0 Å². The van der Waals surface area contributed by atoms with Gasteiger partial charge in [-0.05, 0) is 51.6 Å². The molecule has 7 heteroatoms. The lowest BCUT2D eigenvalue weighted by Crippen LogP contribution is -2.39. The molecule has 138 valence electrons. The average molecular weight is 364 g/mol. The second kappa shape index (κ2) is 9.01. The topological polar surface area (TPSA) is 74.5 Å². The third-order valence-electron chi connectivity index (χ3n) is 3.88. The highest BCUT2D eigenvalue weighted by Crippen LogP contribution is 2.25. The van der Waals surface area contributed by atoms with Gasteiger partial charge in [0.2, 0.25) is 0 Å². The van der Waals surface area contributed by atoms with Crippen molar-refractivity contribution in [3.8, 4) is 0 Å². The number of nitrogens with zero attached hydrogens (tertiary/aromatic N) is 3. The Morgan fingerprint density at radius 2 is 2.20 bits per heavy atom. The summed E-state index contributed by atoms with van der Waals surface area (Å²) < 4.78 is 2.03. The monoisotopic (exact) mass is 363 g/mol. The molecular formula is C18H29N5OS. The maximum absolute atomic E-state index is 10.6. The molecule has 6 nitrogen and oxygen atoms in total. The van der Waals surface area contributed by atoms with Crippen LogP contribution in [0.3, 0.4) is 0 Å². The molecular weight excluding hydrogens is 334 g/mol. The summed E-state index contributed by atoms with van der Waals surface area (Å²) in [5.41, 5.74) is 1.29. The zero-order valence-corrected chi connectivity index (χ0v) is 16.4. The van der Waals surface area contributed by atoms with Crippen molar-refractivity contribution in [1.29, 1.82) is 0 Å². The zero-order chi connectivity index (χ0) is 18.3. The number of aliphatic imine (C=N–C) groups is 1. The van der Waals surface area contributed by atoms with Gasteiger partial charge in [-0.15, -0.1) is 11.3 Å². The fourth-order valence-corrected chi connectivity index (χ4v) is 3.35. The molecule has 2 aromatic heterocycles. The molecule has 1 unspecified atom stereocenters. The summed E-state index contributed by atoms with van der Waals surface area (Å²) in [4.78, 5) is 5.46. The summed E-state index contributed by atoms with van der Waals surface area (Å²) in [6.07, 6.45) is 0.952. The summed E-state index contributed by atoms with van der Waals surface area (Å²) in [7, 11) is 0. The first-order chi connectivity index (χ1) is 11.9. The number of aliphatic hydroxyl groups is 1. The largest absolute Gasteiger partial charge is 0.383 e. The van der Waals surface area contributed by atoms with Crippen LogP contribution in [0.1, 0.15) is 36.5 Å². The Hall–Kier alpha value is -1.86. The Morgan fingerprint density at radius 1 is 1.40 bits per heavy atom. The van der Waals surface area contributed by atoms with Gasteiger partial charge in [0.15, 0.2) is 5.96 Å². The minimum atomic E-state index is -0.944. The Kier molecular flexibility index (Phi) is 7.01. The maximum Gasteiger partial charge on any atom is 0.191 e. The van der Waals surface area contributed by atoms with Crippen molar-refractivity contribution in [2.75, 3.05) is 19.6 Å². The number of guanidine groups is 1. The number of rotatable bonds is 8. The van der Waals surface area contributed by atoms with Gasteiger partial charge in [-0.25, -0.2) is 4.99 Å². The standard InChI is InChI=1S/C18H29N5OS/c1-5-19-17(21-13-18(4,24)16-8-6-11-25-16)20-9-7-10-23-15(3)12-14(2)22-23/h6,8,11-12,24H,5,7,9-10,13H2,1-4H3,(H2,19,20,21). The molecule has 0 radical (unpaired) electrons. The first kappa shape index (κ1) is 19.5. The van der Waals surface area contributed by atoms with E-state index >= 15 is 0 Å². The third-order valence-corrected chi connectivity index (χ3v) is 5.01. The lowest BCUT2D eigenvalue weighted by molar-refractivity contribution is 0.0711. The quantitative estimate of drug-likeness (QED) is 0.382. The van der Waals surface area contributed by atoms with Gasteiger partial charge >= 0.3 is 0 Å². The molecule has 0 fully saturated rings. The number of aromatic nitrogens is 2. The zero-order valence-electron chi connectivity index (χ0n) is 15.5. The van der Waals surface area contributed by atoms with E-state index in [0.717, 1.165) is 42.6 Å². The average Bonchev–Trinajstić information content (AvgIpc) is 3.19. The fourth-order valence-electron chi connectivity index (χ4n) is 2.57. The van der Waals surface area contributed by atoms with Gasteiger partial charge in [0.05, 0.1) is 12.2 Å². The van der Waals surface area contributed by atoms with E-state index in [2.05, 4.69) is 33.7 Å². The van der Waals surface area contributed by atoms with Crippen molar-refractivity contribution in [3.05, 3.63) is 39.8 Å². The van der Waals surface area contributed by atoms with Crippen LogP contribution >= 0.6 is 11.3 Å². The van der Waals surface area contributed by atoms with Crippen molar-refractivity contribution in [1.82, 2.24) is 20.4 Å². The lowest BCUT2D eigenvalue weighted by Gasteiger charge is -2.20. The van der Waals surface area contributed by atoms with Gasteiger partial charge in [-0.1, -0.05) is 6.07 Å². The molecule has 2 heterocycles. The molecule has 0 aliphatic rings. The van der Waals surface area contributed by atoms with Gasteiger partial charge in [-0.3, -0.25) is 4.68 Å². The van der Waals surface area contributed by atoms with Gasteiger partial charge in [0, 0.05) is 30.2 Å². The summed E-state index contributed by atoms with van der Waals surface area (Å²) in [5.74, 6) is 0.729. The molecule has 0 saturated carbocycles. The van der Waals surface area contributed by atoms with Crippen molar-refractivity contribution >= 4 is 17.3 Å². The molecule has 25 heavy (non-hydrogen) atoms. The number of hydrogen-bond donors (Lipinski definition) is 3. The van der Waals surface area contributed by atoms with Crippen LogP contribution in [0.4, 0.5) is 0 Å². The molecule has 0 aliphatic heterocycles. The minimum absolute atomic E-state index is 0.320. The highest BCUT2D eigenvalue weighted by atomic mass is 32.1. The van der Waals surface area contributed by atoms with Crippen molar-refractivity contribution in [3.63, 3.8) is 0 Å². The molecule has 0 aliphatic carbocycles. The molecule has 2 aromatic rings. The van der Waals surface area contributed by atoms with Crippen LogP contribution in [-0.4, -0.2) is 40.5 Å². The van der Waals surface area contributed by atoms with Gasteiger partial charge in [-0.2, -0.15) is 5.10 Å². The Balaban J connectivity index is 1.84. The lowest BCUT2D eigenvalue weighted by atomic mass is 10.1. The van der Waals surface area contributed by atoms with Crippen LogP contribution in [0.25, 0.3) is 0 Å². The normalized spacial score (nSPS) is 14.4. The maximum atomic E-state index is 10.6. The number of nitrogens with one attached hydrogen (secondary N) is 2. The SMILES string of the molecule is CCNC(=NCC(C)(O)c1cccs1)NCCCn1nc(C)cc1C. The van der Waals surface area contributed by atoms with Crippen molar-refractivity contribution in [2.24, 2.45) is 4.99 Å². The van der Waals surface area contributed by atoms with Crippen LogP contribution in [-0.2, 0) is 12.1 Å². The number of aryl methyl sites for hydroxylation is 3. The Morgan fingerprint density at radius 3 is 2.80 bits per heavy atom. The van der Waals surface area contributed by atoms with E-state index in [4.69, 9.17) is 0 Å². The predicted molar refractivity (Wildman–Crippen MR) is 104 cm³/mol. The summed E-state index contributed by atoms with van der Waals surface area (Å²) >= 11 is 1.55. The predicted octanol–water partition coefficient (Wildman–Crippen LogP) is 2.41. The first-order valence-corrected chi connectivity index (χ1v) is 9.60. The minimum Gasteiger partial charge on any atom is -0.383 e. The number of hydrogen-bond acceptors (Lipinski definition) is 4. The van der Waals surface area contributed by atoms with E-state index in [-0.39, 0.29) is 0 Å². The molecule has 3 N–H and O–H groups in total. The molecule has 0 bridgehead atoms. The molecule has 2 rings (SSSR count). The van der Waals surface area contributed by atoms with E-state index < -0.39 is 5.60 Å². The third kappa shape index (κ3) is 5.86.